The Balaban J connectivity index is 1.77. The lowest BCUT2D eigenvalue weighted by molar-refractivity contribution is -0.605. The Morgan fingerprint density at radius 3 is 2.95 bits per heavy atom. The Hall–Kier alpha value is -2.27. The number of pyridine rings is 1. The molecule has 0 radical (unpaired) electrons. The summed E-state index contributed by atoms with van der Waals surface area (Å²) in [5.41, 5.74) is 0.310. The van der Waals surface area contributed by atoms with E-state index >= 15 is 0 Å². The van der Waals surface area contributed by atoms with Gasteiger partial charge in [-0.15, -0.1) is 0 Å². The van der Waals surface area contributed by atoms with Gasteiger partial charge in [-0.2, -0.15) is 4.73 Å². The number of hydrogen-bond donors (Lipinski definition) is 1. The summed E-state index contributed by atoms with van der Waals surface area (Å²) in [6, 6.07) is 10.1. The summed E-state index contributed by atoms with van der Waals surface area (Å²) >= 11 is 5.82. The standard InChI is InChI=1S/C14H13ClN2O3/c15-12-4-1-5-13(9-12)20-8-6-16-14(18)11-3-2-7-17(19)10-11/h1-5,7,9-10H,6,8H2,(H,16,18). The van der Waals surface area contributed by atoms with Crippen LogP contribution in [-0.2, 0) is 0 Å². The Morgan fingerprint density at radius 2 is 2.20 bits per heavy atom. The first-order chi connectivity index (χ1) is 9.65. The van der Waals surface area contributed by atoms with Crippen molar-refractivity contribution in [3.8, 4) is 5.75 Å². The third-order valence-corrected chi connectivity index (χ3v) is 2.72. The lowest BCUT2D eigenvalue weighted by Crippen LogP contribution is -2.32. The van der Waals surface area contributed by atoms with Crippen LogP contribution in [0.1, 0.15) is 10.4 Å². The minimum Gasteiger partial charge on any atom is -0.619 e. The van der Waals surface area contributed by atoms with Crippen LogP contribution in [0.25, 0.3) is 0 Å². The normalized spacial score (nSPS) is 10.1. The second kappa shape index (κ2) is 6.77. The predicted molar refractivity (Wildman–Crippen MR) is 74.7 cm³/mol. The van der Waals surface area contributed by atoms with Crippen LogP contribution in [0.4, 0.5) is 0 Å². The smallest absolute Gasteiger partial charge is 0.257 e. The zero-order valence-corrected chi connectivity index (χ0v) is 11.3. The first kappa shape index (κ1) is 14.1. The van der Waals surface area contributed by atoms with E-state index in [9.17, 15) is 10.0 Å². The molecule has 2 rings (SSSR count). The van der Waals surface area contributed by atoms with Crippen LogP contribution < -0.4 is 14.8 Å². The molecule has 0 fully saturated rings. The molecule has 0 spiro atoms. The van der Waals surface area contributed by atoms with E-state index in [4.69, 9.17) is 16.3 Å². The number of carbonyl (C=O) groups excluding carboxylic acids is 1. The van der Waals surface area contributed by atoms with Gasteiger partial charge >= 0.3 is 0 Å². The molecule has 6 heteroatoms. The van der Waals surface area contributed by atoms with E-state index in [-0.39, 0.29) is 5.91 Å². The molecule has 1 heterocycles. The molecular formula is C14H13ClN2O3. The lowest BCUT2D eigenvalue weighted by atomic mass is 10.3. The van der Waals surface area contributed by atoms with Gasteiger partial charge in [0.15, 0.2) is 12.4 Å². The van der Waals surface area contributed by atoms with Crippen molar-refractivity contribution in [3.05, 3.63) is 64.6 Å². The maximum Gasteiger partial charge on any atom is 0.257 e. The number of halogens is 1. The molecule has 20 heavy (non-hydrogen) atoms. The zero-order valence-electron chi connectivity index (χ0n) is 10.6. The lowest BCUT2D eigenvalue weighted by Gasteiger charge is -2.07. The van der Waals surface area contributed by atoms with Crippen molar-refractivity contribution in [3.63, 3.8) is 0 Å². The van der Waals surface area contributed by atoms with Gasteiger partial charge in [0.25, 0.3) is 5.91 Å². The van der Waals surface area contributed by atoms with E-state index in [1.165, 1.54) is 18.5 Å². The monoisotopic (exact) mass is 292 g/mol. The van der Waals surface area contributed by atoms with Gasteiger partial charge in [0, 0.05) is 11.1 Å². The SMILES string of the molecule is O=C(NCCOc1cccc(Cl)c1)c1ccc[n+]([O-])c1. The predicted octanol–water partition coefficient (Wildman–Crippen LogP) is 1.78. The van der Waals surface area contributed by atoms with Gasteiger partial charge < -0.3 is 15.3 Å². The van der Waals surface area contributed by atoms with Gasteiger partial charge in [-0.1, -0.05) is 17.7 Å². The quantitative estimate of drug-likeness (QED) is 0.519. The molecule has 1 aromatic carbocycles. The van der Waals surface area contributed by atoms with E-state index < -0.39 is 0 Å². The van der Waals surface area contributed by atoms with Crippen molar-refractivity contribution in [1.82, 2.24) is 5.32 Å². The average molecular weight is 293 g/mol. The molecule has 0 aliphatic heterocycles. The number of rotatable bonds is 5. The van der Waals surface area contributed by atoms with Crippen LogP contribution in [0.2, 0.25) is 5.02 Å². The first-order valence-corrected chi connectivity index (χ1v) is 6.38. The number of hydrogen-bond acceptors (Lipinski definition) is 3. The van der Waals surface area contributed by atoms with E-state index in [1.807, 2.05) is 0 Å². The number of carbonyl (C=O) groups is 1. The van der Waals surface area contributed by atoms with Gasteiger partial charge in [0.1, 0.15) is 17.9 Å². The molecule has 104 valence electrons. The molecule has 1 aromatic heterocycles. The van der Waals surface area contributed by atoms with E-state index in [0.717, 1.165) is 0 Å². The number of benzene rings is 1. The molecule has 0 atom stereocenters. The summed E-state index contributed by atoms with van der Waals surface area (Å²) < 4.78 is 6.01. The largest absolute Gasteiger partial charge is 0.619 e. The number of aromatic nitrogens is 1. The number of nitrogens with one attached hydrogen (secondary N) is 1. The maximum atomic E-state index is 11.7. The van der Waals surface area contributed by atoms with E-state index in [2.05, 4.69) is 5.32 Å². The molecule has 5 nitrogen and oxygen atoms in total. The van der Waals surface area contributed by atoms with Crippen LogP contribution >= 0.6 is 11.6 Å². The van der Waals surface area contributed by atoms with E-state index in [0.29, 0.717) is 34.2 Å². The topological polar surface area (TPSA) is 65.3 Å². The summed E-state index contributed by atoms with van der Waals surface area (Å²) in [5, 5.41) is 14.3. The minimum atomic E-state index is -0.315. The van der Waals surface area contributed by atoms with Gasteiger partial charge in [-0.25, -0.2) is 0 Å². The first-order valence-electron chi connectivity index (χ1n) is 6.00. The van der Waals surface area contributed by atoms with Gasteiger partial charge in [0.05, 0.1) is 6.54 Å². The van der Waals surface area contributed by atoms with Crippen LogP contribution in [0.15, 0.2) is 48.8 Å². The van der Waals surface area contributed by atoms with Crippen LogP contribution in [0.3, 0.4) is 0 Å². The Bertz CT molecular complexity index is 604. The van der Waals surface area contributed by atoms with Crippen molar-refractivity contribution in [2.45, 2.75) is 0 Å². The molecule has 0 aliphatic rings. The molecule has 0 unspecified atom stereocenters. The van der Waals surface area contributed by atoms with Crippen molar-refractivity contribution < 1.29 is 14.3 Å². The fourth-order valence-corrected chi connectivity index (χ4v) is 1.76. The summed E-state index contributed by atoms with van der Waals surface area (Å²) in [4.78, 5) is 11.7. The summed E-state index contributed by atoms with van der Waals surface area (Å²) in [6.07, 6.45) is 2.53. The number of nitrogens with zero attached hydrogens (tertiary/aromatic N) is 1. The van der Waals surface area contributed by atoms with Gasteiger partial charge in [-0.3, -0.25) is 4.79 Å². The van der Waals surface area contributed by atoms with Crippen molar-refractivity contribution in [1.29, 1.82) is 0 Å². The molecule has 0 bridgehead atoms. The Labute approximate surface area is 121 Å². The van der Waals surface area contributed by atoms with Crippen molar-refractivity contribution in [2.24, 2.45) is 0 Å². The fraction of sp³-hybridized carbons (Fsp3) is 0.143. The zero-order chi connectivity index (χ0) is 14.4. The molecule has 0 aliphatic carbocycles. The highest BCUT2D eigenvalue weighted by molar-refractivity contribution is 6.30. The average Bonchev–Trinajstić information content (AvgIpc) is 2.43. The van der Waals surface area contributed by atoms with Crippen molar-refractivity contribution >= 4 is 17.5 Å². The third-order valence-electron chi connectivity index (χ3n) is 2.49. The van der Waals surface area contributed by atoms with Crippen LogP contribution in [-0.4, -0.2) is 19.1 Å². The van der Waals surface area contributed by atoms with Crippen LogP contribution in [0, 0.1) is 5.21 Å². The van der Waals surface area contributed by atoms with E-state index in [1.54, 1.807) is 30.3 Å². The van der Waals surface area contributed by atoms with Gasteiger partial charge in [-0.05, 0) is 24.3 Å². The highest BCUT2D eigenvalue weighted by Crippen LogP contribution is 2.16. The molecule has 0 saturated carbocycles. The molecule has 1 N–H and O–H groups in total. The van der Waals surface area contributed by atoms with Gasteiger partial charge in [0.2, 0.25) is 0 Å². The van der Waals surface area contributed by atoms with Crippen molar-refractivity contribution in [2.75, 3.05) is 13.2 Å². The molecule has 1 amide bonds. The summed E-state index contributed by atoms with van der Waals surface area (Å²) in [5.74, 6) is 0.328. The highest BCUT2D eigenvalue weighted by Gasteiger charge is 2.07. The Kier molecular flexibility index (Phi) is 4.79. The fourth-order valence-electron chi connectivity index (χ4n) is 1.58. The summed E-state index contributed by atoms with van der Waals surface area (Å²) in [7, 11) is 0. The second-order valence-corrected chi connectivity index (χ2v) is 4.45. The molecule has 0 saturated heterocycles. The second-order valence-electron chi connectivity index (χ2n) is 4.01. The number of ether oxygens (including phenoxy) is 1. The molecule has 2 aromatic rings. The highest BCUT2D eigenvalue weighted by atomic mass is 35.5. The minimum absolute atomic E-state index is 0.310. The van der Waals surface area contributed by atoms with Crippen LogP contribution in [0.5, 0.6) is 5.75 Å². The molecular weight excluding hydrogens is 280 g/mol. The number of amides is 1. The Morgan fingerprint density at radius 1 is 1.35 bits per heavy atom. The summed E-state index contributed by atoms with van der Waals surface area (Å²) in [6.45, 7) is 0.648. The third kappa shape index (κ3) is 4.13. The maximum absolute atomic E-state index is 11.7.